The highest BCUT2D eigenvalue weighted by Gasteiger charge is 2.10. The van der Waals surface area contributed by atoms with Crippen LogP contribution in [-0.4, -0.2) is 8.42 Å². The quantitative estimate of drug-likeness (QED) is 0.757. The molecule has 128 valence electrons. The first-order chi connectivity index (χ1) is 11.9. The van der Waals surface area contributed by atoms with Gasteiger partial charge in [-0.25, -0.2) is 17.9 Å². The predicted molar refractivity (Wildman–Crippen MR) is 94.0 cm³/mol. The first-order valence-electron chi connectivity index (χ1n) is 7.53. The van der Waals surface area contributed by atoms with Gasteiger partial charge in [-0.1, -0.05) is 48.5 Å². The van der Waals surface area contributed by atoms with Crippen molar-refractivity contribution in [3.8, 4) is 16.9 Å². The summed E-state index contributed by atoms with van der Waals surface area (Å²) in [6, 6.07) is 20.1. The molecule has 0 aliphatic rings. The molecule has 0 unspecified atom stereocenters. The molecular formula is C19H16FNO3S. The summed E-state index contributed by atoms with van der Waals surface area (Å²) in [5, 5.41) is 5.07. The predicted octanol–water partition coefficient (Wildman–Crippen LogP) is 3.72. The van der Waals surface area contributed by atoms with Crippen molar-refractivity contribution in [2.24, 2.45) is 5.14 Å². The van der Waals surface area contributed by atoms with E-state index in [1.165, 1.54) is 18.2 Å². The van der Waals surface area contributed by atoms with Crippen LogP contribution in [0.25, 0.3) is 11.1 Å². The summed E-state index contributed by atoms with van der Waals surface area (Å²) in [4.78, 5) is 0.0135. The van der Waals surface area contributed by atoms with Crippen LogP contribution >= 0.6 is 0 Å². The van der Waals surface area contributed by atoms with E-state index >= 15 is 0 Å². The van der Waals surface area contributed by atoms with Crippen molar-refractivity contribution in [2.75, 3.05) is 0 Å². The maximum Gasteiger partial charge on any atom is 0.238 e. The van der Waals surface area contributed by atoms with Crippen molar-refractivity contribution >= 4 is 10.0 Å². The Balaban J connectivity index is 1.77. The van der Waals surface area contributed by atoms with Crippen LogP contribution in [-0.2, 0) is 16.6 Å². The normalized spacial score (nSPS) is 11.3. The van der Waals surface area contributed by atoms with Gasteiger partial charge in [-0.3, -0.25) is 0 Å². The minimum absolute atomic E-state index is 0.0135. The lowest BCUT2D eigenvalue weighted by molar-refractivity contribution is 0.290. The van der Waals surface area contributed by atoms with E-state index in [1.54, 1.807) is 24.3 Å². The Hall–Kier alpha value is -2.70. The molecule has 0 aliphatic heterocycles. The third kappa shape index (κ3) is 4.23. The van der Waals surface area contributed by atoms with E-state index in [2.05, 4.69) is 0 Å². The molecule has 0 aromatic heterocycles. The molecule has 6 heteroatoms. The Bertz CT molecular complexity index is 971. The van der Waals surface area contributed by atoms with E-state index in [0.717, 1.165) is 5.56 Å². The molecule has 0 heterocycles. The van der Waals surface area contributed by atoms with Crippen molar-refractivity contribution in [3.05, 3.63) is 84.2 Å². The largest absolute Gasteiger partial charge is 0.486 e. The lowest BCUT2D eigenvalue weighted by Gasteiger charge is -2.09. The Morgan fingerprint density at radius 3 is 2.12 bits per heavy atom. The first kappa shape index (κ1) is 17.1. The topological polar surface area (TPSA) is 69.4 Å². The van der Waals surface area contributed by atoms with E-state index in [9.17, 15) is 12.8 Å². The van der Waals surface area contributed by atoms with Gasteiger partial charge < -0.3 is 4.74 Å². The molecule has 0 atom stereocenters. The second-order valence-electron chi connectivity index (χ2n) is 5.49. The fourth-order valence-corrected chi connectivity index (χ4v) is 2.89. The number of halogens is 1. The molecule has 0 saturated carbocycles. The summed E-state index contributed by atoms with van der Waals surface area (Å²) in [5.74, 6) is -0.322. The van der Waals surface area contributed by atoms with E-state index in [0.29, 0.717) is 11.1 Å². The zero-order valence-corrected chi connectivity index (χ0v) is 14.0. The number of sulfonamides is 1. The van der Waals surface area contributed by atoms with Gasteiger partial charge in [0.05, 0.1) is 4.90 Å². The molecule has 0 spiro atoms. The number of hydrogen-bond acceptors (Lipinski definition) is 3. The SMILES string of the molecule is NS(=O)(=O)c1ccc(-c2ccc(OCc3ccccc3)c(F)c2)cc1. The van der Waals surface area contributed by atoms with Crippen molar-refractivity contribution in [3.63, 3.8) is 0 Å². The molecule has 0 fully saturated rings. The van der Waals surface area contributed by atoms with Crippen LogP contribution < -0.4 is 9.88 Å². The van der Waals surface area contributed by atoms with Gasteiger partial charge in [0, 0.05) is 0 Å². The minimum atomic E-state index is -3.74. The Morgan fingerprint density at radius 2 is 1.52 bits per heavy atom. The van der Waals surface area contributed by atoms with Gasteiger partial charge in [0.1, 0.15) is 6.61 Å². The fraction of sp³-hybridized carbons (Fsp3) is 0.0526. The Labute approximate surface area is 145 Å². The lowest BCUT2D eigenvalue weighted by atomic mass is 10.1. The van der Waals surface area contributed by atoms with Crippen molar-refractivity contribution in [1.82, 2.24) is 0 Å². The highest BCUT2D eigenvalue weighted by Crippen LogP contribution is 2.27. The van der Waals surface area contributed by atoms with Crippen LogP contribution in [0.3, 0.4) is 0 Å². The van der Waals surface area contributed by atoms with Crippen molar-refractivity contribution in [1.29, 1.82) is 0 Å². The monoisotopic (exact) mass is 357 g/mol. The Morgan fingerprint density at radius 1 is 0.880 bits per heavy atom. The summed E-state index contributed by atoms with van der Waals surface area (Å²) in [5.41, 5.74) is 2.25. The first-order valence-corrected chi connectivity index (χ1v) is 9.07. The molecule has 2 N–H and O–H groups in total. The van der Waals surface area contributed by atoms with Gasteiger partial charge in [0.15, 0.2) is 11.6 Å². The van der Waals surface area contributed by atoms with Gasteiger partial charge in [0.2, 0.25) is 10.0 Å². The molecular weight excluding hydrogens is 341 g/mol. The lowest BCUT2D eigenvalue weighted by Crippen LogP contribution is -2.11. The van der Waals surface area contributed by atoms with Gasteiger partial charge in [-0.15, -0.1) is 0 Å². The summed E-state index contributed by atoms with van der Waals surface area (Å²) >= 11 is 0. The third-order valence-corrected chi connectivity index (χ3v) is 4.61. The number of rotatable bonds is 5. The second-order valence-corrected chi connectivity index (χ2v) is 7.05. The van der Waals surface area contributed by atoms with Crippen molar-refractivity contribution in [2.45, 2.75) is 11.5 Å². The maximum atomic E-state index is 14.3. The highest BCUT2D eigenvalue weighted by molar-refractivity contribution is 7.89. The molecule has 0 saturated heterocycles. The van der Waals surface area contributed by atoms with Gasteiger partial charge in [-0.2, -0.15) is 0 Å². The van der Waals surface area contributed by atoms with E-state index < -0.39 is 15.8 Å². The summed E-state index contributed by atoms with van der Waals surface area (Å²) in [7, 11) is -3.74. The number of primary sulfonamides is 1. The molecule has 3 aromatic carbocycles. The zero-order chi connectivity index (χ0) is 17.9. The van der Waals surface area contributed by atoms with Crippen LogP contribution in [0.4, 0.5) is 4.39 Å². The molecule has 0 amide bonds. The zero-order valence-electron chi connectivity index (χ0n) is 13.2. The molecule has 25 heavy (non-hydrogen) atoms. The smallest absolute Gasteiger partial charge is 0.238 e. The average molecular weight is 357 g/mol. The Kier molecular flexibility index (Phi) is 4.83. The molecule has 0 radical (unpaired) electrons. The number of ether oxygens (including phenoxy) is 1. The number of benzene rings is 3. The summed E-state index contributed by atoms with van der Waals surface area (Å²) < 4.78 is 42.3. The van der Waals surface area contributed by atoms with E-state index in [1.807, 2.05) is 30.3 Å². The van der Waals surface area contributed by atoms with Gasteiger partial charge in [0.25, 0.3) is 0 Å². The molecule has 3 aromatic rings. The number of hydrogen-bond donors (Lipinski definition) is 1. The second kappa shape index (κ2) is 7.04. The average Bonchev–Trinajstić information content (AvgIpc) is 2.61. The summed E-state index contributed by atoms with van der Waals surface area (Å²) in [6.45, 7) is 0.278. The van der Waals surface area contributed by atoms with E-state index in [-0.39, 0.29) is 17.3 Å². The molecule has 0 bridgehead atoms. The van der Waals surface area contributed by atoms with Crippen LogP contribution in [0, 0.1) is 5.82 Å². The van der Waals surface area contributed by atoms with Gasteiger partial charge >= 0.3 is 0 Å². The standard InChI is InChI=1S/C19H16FNO3S/c20-18-12-16(15-6-9-17(10-7-15)25(21,22)23)8-11-19(18)24-13-14-4-2-1-3-5-14/h1-12H,13H2,(H2,21,22,23). The van der Waals surface area contributed by atoms with E-state index in [4.69, 9.17) is 9.88 Å². The fourth-order valence-electron chi connectivity index (χ4n) is 2.37. The van der Waals surface area contributed by atoms with Crippen LogP contribution in [0.1, 0.15) is 5.56 Å². The molecule has 4 nitrogen and oxygen atoms in total. The maximum absolute atomic E-state index is 14.3. The summed E-state index contributed by atoms with van der Waals surface area (Å²) in [6.07, 6.45) is 0. The van der Waals surface area contributed by atoms with Crippen molar-refractivity contribution < 1.29 is 17.5 Å². The van der Waals surface area contributed by atoms with Crippen LogP contribution in [0.15, 0.2) is 77.7 Å². The van der Waals surface area contributed by atoms with Crippen LogP contribution in [0.2, 0.25) is 0 Å². The third-order valence-electron chi connectivity index (χ3n) is 3.69. The number of nitrogens with two attached hydrogens (primary N) is 1. The van der Waals surface area contributed by atoms with Crippen LogP contribution in [0.5, 0.6) is 5.75 Å². The minimum Gasteiger partial charge on any atom is -0.486 e. The molecule has 0 aliphatic carbocycles. The molecule has 3 rings (SSSR count). The van der Waals surface area contributed by atoms with Gasteiger partial charge in [-0.05, 0) is 41.0 Å². The highest BCUT2D eigenvalue weighted by atomic mass is 32.2.